The van der Waals surface area contributed by atoms with Crippen LogP contribution < -0.4 is 5.73 Å². The third-order valence-electron chi connectivity index (χ3n) is 3.89. The summed E-state index contributed by atoms with van der Waals surface area (Å²) in [5, 5.41) is 0. The highest BCUT2D eigenvalue weighted by atomic mass is 32.2. The lowest BCUT2D eigenvalue weighted by molar-refractivity contribution is 0.315. The van der Waals surface area contributed by atoms with Crippen molar-refractivity contribution in [1.29, 1.82) is 0 Å². The lowest BCUT2D eigenvalue weighted by Gasteiger charge is -2.23. The van der Waals surface area contributed by atoms with Crippen LogP contribution in [0.25, 0.3) is 0 Å². The van der Waals surface area contributed by atoms with E-state index in [1.807, 2.05) is 0 Å². The fourth-order valence-electron chi connectivity index (χ4n) is 2.53. The normalized spacial score (nSPS) is 20.6. The molecule has 4 nitrogen and oxygen atoms in total. The molecule has 2 rings (SSSR count). The summed E-state index contributed by atoms with van der Waals surface area (Å²) in [5.41, 5.74) is 5.78. The molecule has 20 heavy (non-hydrogen) atoms. The van der Waals surface area contributed by atoms with E-state index in [2.05, 4.69) is 13.8 Å². The van der Waals surface area contributed by atoms with E-state index in [9.17, 15) is 12.8 Å². The number of anilines is 1. The SMILES string of the molecule is CC1(C)CCCN(S(=O)(=O)c2ccc(F)cc2N)CC1. The molecule has 0 amide bonds. The summed E-state index contributed by atoms with van der Waals surface area (Å²) in [5.74, 6) is -0.529. The fraction of sp³-hybridized carbons (Fsp3) is 0.571. The molecule has 1 aromatic rings. The fourth-order valence-corrected chi connectivity index (χ4v) is 4.11. The van der Waals surface area contributed by atoms with Crippen LogP contribution in [-0.4, -0.2) is 25.8 Å². The van der Waals surface area contributed by atoms with E-state index in [1.165, 1.54) is 10.4 Å². The van der Waals surface area contributed by atoms with E-state index in [0.717, 1.165) is 31.4 Å². The Morgan fingerprint density at radius 1 is 1.25 bits per heavy atom. The molecule has 1 aliphatic heterocycles. The Bertz CT molecular complexity index is 599. The van der Waals surface area contributed by atoms with Gasteiger partial charge in [0.2, 0.25) is 10.0 Å². The quantitative estimate of drug-likeness (QED) is 0.854. The molecule has 1 heterocycles. The monoisotopic (exact) mass is 300 g/mol. The van der Waals surface area contributed by atoms with Crippen LogP contribution in [0, 0.1) is 11.2 Å². The molecule has 1 aromatic carbocycles. The Kier molecular flexibility index (Phi) is 4.07. The molecule has 0 atom stereocenters. The van der Waals surface area contributed by atoms with Crippen molar-refractivity contribution in [3.63, 3.8) is 0 Å². The number of hydrogen-bond donors (Lipinski definition) is 1. The van der Waals surface area contributed by atoms with Gasteiger partial charge < -0.3 is 5.73 Å². The average Bonchev–Trinajstić information content (AvgIpc) is 2.50. The topological polar surface area (TPSA) is 63.4 Å². The van der Waals surface area contributed by atoms with Crippen LogP contribution in [0.3, 0.4) is 0 Å². The Morgan fingerprint density at radius 3 is 2.60 bits per heavy atom. The zero-order valence-electron chi connectivity index (χ0n) is 11.9. The first-order valence-electron chi connectivity index (χ1n) is 6.78. The van der Waals surface area contributed by atoms with Gasteiger partial charge in [-0.05, 0) is 42.9 Å². The molecule has 112 valence electrons. The maximum Gasteiger partial charge on any atom is 0.245 e. The lowest BCUT2D eigenvalue weighted by atomic mass is 9.85. The first-order valence-corrected chi connectivity index (χ1v) is 8.22. The van der Waals surface area contributed by atoms with Crippen LogP contribution in [0.15, 0.2) is 23.1 Å². The van der Waals surface area contributed by atoms with Gasteiger partial charge in [-0.25, -0.2) is 12.8 Å². The minimum atomic E-state index is -3.64. The predicted molar refractivity (Wildman–Crippen MR) is 77.2 cm³/mol. The van der Waals surface area contributed by atoms with Crippen LogP contribution in [0.5, 0.6) is 0 Å². The molecule has 2 N–H and O–H groups in total. The molecule has 1 fully saturated rings. The number of rotatable bonds is 2. The van der Waals surface area contributed by atoms with Crippen LogP contribution >= 0.6 is 0 Å². The van der Waals surface area contributed by atoms with E-state index in [-0.39, 0.29) is 16.0 Å². The summed E-state index contributed by atoms with van der Waals surface area (Å²) in [6.45, 7) is 5.26. The second-order valence-corrected chi connectivity index (χ2v) is 8.01. The molecule has 0 radical (unpaired) electrons. The van der Waals surface area contributed by atoms with Crippen molar-refractivity contribution >= 4 is 15.7 Å². The zero-order valence-corrected chi connectivity index (χ0v) is 12.7. The van der Waals surface area contributed by atoms with E-state index < -0.39 is 15.8 Å². The van der Waals surface area contributed by atoms with Crippen molar-refractivity contribution in [3.05, 3.63) is 24.0 Å². The van der Waals surface area contributed by atoms with Crippen molar-refractivity contribution in [2.45, 2.75) is 38.0 Å². The Hall–Kier alpha value is -1.14. The second-order valence-electron chi connectivity index (χ2n) is 6.10. The van der Waals surface area contributed by atoms with E-state index >= 15 is 0 Å². The van der Waals surface area contributed by atoms with Crippen molar-refractivity contribution < 1.29 is 12.8 Å². The predicted octanol–water partition coefficient (Wildman–Crippen LogP) is 2.61. The van der Waals surface area contributed by atoms with Crippen LogP contribution in [0.1, 0.15) is 33.1 Å². The molecule has 0 unspecified atom stereocenters. The van der Waals surface area contributed by atoms with Gasteiger partial charge >= 0.3 is 0 Å². The summed E-state index contributed by atoms with van der Waals surface area (Å²) >= 11 is 0. The number of sulfonamides is 1. The largest absolute Gasteiger partial charge is 0.398 e. The summed E-state index contributed by atoms with van der Waals surface area (Å²) in [6, 6.07) is 3.43. The van der Waals surface area contributed by atoms with Gasteiger partial charge in [-0.15, -0.1) is 0 Å². The van der Waals surface area contributed by atoms with Gasteiger partial charge in [-0.2, -0.15) is 4.31 Å². The van der Waals surface area contributed by atoms with E-state index in [4.69, 9.17) is 5.73 Å². The first kappa shape index (κ1) is 15.3. The second kappa shape index (κ2) is 5.33. The summed E-state index contributed by atoms with van der Waals surface area (Å²) in [7, 11) is -3.64. The highest BCUT2D eigenvalue weighted by Gasteiger charge is 2.31. The van der Waals surface area contributed by atoms with Crippen molar-refractivity contribution in [2.24, 2.45) is 5.41 Å². The van der Waals surface area contributed by atoms with Gasteiger partial charge in [-0.3, -0.25) is 0 Å². The van der Waals surface area contributed by atoms with E-state index in [0.29, 0.717) is 13.1 Å². The highest BCUT2D eigenvalue weighted by molar-refractivity contribution is 7.89. The van der Waals surface area contributed by atoms with Crippen LogP contribution in [-0.2, 0) is 10.0 Å². The summed E-state index contributed by atoms with van der Waals surface area (Å²) < 4.78 is 39.7. The minimum Gasteiger partial charge on any atom is -0.398 e. The molecule has 0 saturated carbocycles. The average molecular weight is 300 g/mol. The van der Waals surface area contributed by atoms with E-state index in [1.54, 1.807) is 0 Å². The molecule has 6 heteroatoms. The molecule has 0 aromatic heterocycles. The van der Waals surface area contributed by atoms with Crippen LogP contribution in [0.4, 0.5) is 10.1 Å². The molecule has 0 spiro atoms. The molecule has 1 saturated heterocycles. The van der Waals surface area contributed by atoms with Gasteiger partial charge in [0.15, 0.2) is 0 Å². The lowest BCUT2D eigenvalue weighted by Crippen LogP contribution is -2.33. The molecular formula is C14H21FN2O2S. The Labute approximate surface area is 119 Å². The summed E-state index contributed by atoms with van der Waals surface area (Å²) in [4.78, 5) is -0.00129. The number of hydrogen-bond acceptors (Lipinski definition) is 3. The number of nitrogen functional groups attached to an aromatic ring is 1. The van der Waals surface area contributed by atoms with Gasteiger partial charge in [0.05, 0.1) is 5.69 Å². The highest BCUT2D eigenvalue weighted by Crippen LogP contribution is 2.32. The third kappa shape index (κ3) is 3.12. The number of halogens is 1. The number of nitrogens with two attached hydrogens (primary N) is 1. The minimum absolute atomic E-state index is 0.00129. The summed E-state index contributed by atoms with van der Waals surface area (Å²) in [6.07, 6.45) is 2.64. The number of nitrogens with zero attached hydrogens (tertiary/aromatic N) is 1. The number of benzene rings is 1. The molecule has 0 bridgehead atoms. The maximum absolute atomic E-state index is 13.1. The van der Waals surface area contributed by atoms with Crippen molar-refractivity contribution in [3.8, 4) is 0 Å². The molecular weight excluding hydrogens is 279 g/mol. The zero-order chi connectivity index (χ0) is 15.0. The van der Waals surface area contributed by atoms with Crippen molar-refractivity contribution in [1.82, 2.24) is 4.31 Å². The van der Waals surface area contributed by atoms with Crippen LogP contribution in [0.2, 0.25) is 0 Å². The molecule has 1 aliphatic rings. The van der Waals surface area contributed by atoms with Crippen molar-refractivity contribution in [2.75, 3.05) is 18.8 Å². The Balaban J connectivity index is 2.30. The Morgan fingerprint density at radius 2 is 1.95 bits per heavy atom. The smallest absolute Gasteiger partial charge is 0.245 e. The van der Waals surface area contributed by atoms with Gasteiger partial charge in [-0.1, -0.05) is 13.8 Å². The molecule has 0 aliphatic carbocycles. The van der Waals surface area contributed by atoms with Gasteiger partial charge in [0, 0.05) is 13.1 Å². The third-order valence-corrected chi connectivity index (χ3v) is 5.86. The maximum atomic E-state index is 13.1. The first-order chi connectivity index (χ1) is 9.22. The van der Waals surface area contributed by atoms with Gasteiger partial charge in [0.25, 0.3) is 0 Å². The van der Waals surface area contributed by atoms with Gasteiger partial charge in [0.1, 0.15) is 10.7 Å². The standard InChI is InChI=1S/C14H21FN2O2S/c1-14(2)6-3-8-17(9-7-14)20(18,19)13-5-4-11(15)10-12(13)16/h4-5,10H,3,6-9,16H2,1-2H3.